The SMILES string of the molecule is C[C@@H](CNc1nccc(-c2sc(-c3ccccc3)nc2-c2cccc(NS(=O)(=O)c3c(F)cccc3F)c2F)n1)NC(=O)OC(C)(C)C. The molecule has 48 heavy (non-hydrogen) atoms. The number of sulfonamides is 1. The predicted molar refractivity (Wildman–Crippen MR) is 178 cm³/mol. The second-order valence-corrected chi connectivity index (χ2v) is 14.2. The Morgan fingerprint density at radius 1 is 0.938 bits per heavy atom. The summed E-state index contributed by atoms with van der Waals surface area (Å²) in [6, 6.07) is 17.0. The third-order valence-corrected chi connectivity index (χ3v) is 9.09. The Kier molecular flexibility index (Phi) is 10.0. The number of alkyl carbamates (subject to hydrolysis) is 1. The summed E-state index contributed by atoms with van der Waals surface area (Å²) in [6.45, 7) is 7.32. The van der Waals surface area contributed by atoms with Crippen molar-refractivity contribution in [2.45, 2.75) is 44.2 Å². The topological polar surface area (TPSA) is 135 Å². The molecule has 0 aliphatic heterocycles. The van der Waals surface area contributed by atoms with Gasteiger partial charge in [0.1, 0.15) is 22.2 Å². The number of benzene rings is 3. The van der Waals surface area contributed by atoms with Crippen molar-refractivity contribution in [3.8, 4) is 32.4 Å². The molecule has 2 heterocycles. The lowest BCUT2D eigenvalue weighted by molar-refractivity contribution is 0.0511. The number of carbonyl (C=O) groups is 1. The van der Waals surface area contributed by atoms with E-state index in [-0.39, 0.29) is 29.8 Å². The summed E-state index contributed by atoms with van der Waals surface area (Å²) in [5, 5.41) is 6.33. The number of amides is 1. The third-order valence-electron chi connectivity index (χ3n) is 6.55. The largest absolute Gasteiger partial charge is 0.444 e. The second kappa shape index (κ2) is 14.0. The maximum atomic E-state index is 16.2. The van der Waals surface area contributed by atoms with Crippen LogP contribution in [0.2, 0.25) is 0 Å². The van der Waals surface area contributed by atoms with E-state index in [9.17, 15) is 22.0 Å². The lowest BCUT2D eigenvalue weighted by Crippen LogP contribution is -2.41. The first kappa shape index (κ1) is 34.3. The number of rotatable bonds is 10. The van der Waals surface area contributed by atoms with Crippen LogP contribution in [-0.4, -0.2) is 47.7 Å². The first-order valence-corrected chi connectivity index (χ1v) is 16.9. The Morgan fingerprint density at radius 2 is 1.62 bits per heavy atom. The Morgan fingerprint density at radius 3 is 2.31 bits per heavy atom. The molecule has 0 aliphatic rings. The van der Waals surface area contributed by atoms with Gasteiger partial charge in [-0.1, -0.05) is 42.5 Å². The fourth-order valence-electron chi connectivity index (χ4n) is 4.48. The molecule has 0 saturated carbocycles. The van der Waals surface area contributed by atoms with Gasteiger partial charge in [0.2, 0.25) is 5.95 Å². The number of nitrogens with one attached hydrogen (secondary N) is 3. The van der Waals surface area contributed by atoms with E-state index in [1.54, 1.807) is 33.8 Å². The molecule has 0 aliphatic carbocycles. The lowest BCUT2D eigenvalue weighted by Gasteiger charge is -2.22. The third kappa shape index (κ3) is 8.09. The van der Waals surface area contributed by atoms with Crippen molar-refractivity contribution in [1.82, 2.24) is 20.3 Å². The number of hydrogen-bond donors (Lipinski definition) is 3. The molecule has 2 aromatic heterocycles. The standard InChI is InChI=1S/C33H31F3N6O4S2/c1-19(39-32(43)46-33(2,3)4)18-38-31-37-17-16-25(40-31)28-27(41-30(47-28)20-10-6-5-7-11-20)21-12-8-15-24(26(21)36)42-48(44,45)29-22(34)13-9-14-23(29)35/h5-17,19,42H,18H2,1-4H3,(H,39,43)(H,37,38,40)/t19-/m0/s1. The molecule has 0 unspecified atom stereocenters. The van der Waals surface area contributed by atoms with Crippen LogP contribution in [-0.2, 0) is 14.8 Å². The van der Waals surface area contributed by atoms with Crippen LogP contribution in [0.25, 0.3) is 32.4 Å². The minimum absolute atomic E-state index is 0.0825. The fraction of sp³-hybridized carbons (Fsp3) is 0.212. The van der Waals surface area contributed by atoms with Crippen LogP contribution in [0.4, 0.5) is 29.6 Å². The number of halogens is 3. The molecule has 3 N–H and O–H groups in total. The van der Waals surface area contributed by atoms with Crippen molar-refractivity contribution in [3.05, 3.63) is 96.4 Å². The van der Waals surface area contributed by atoms with E-state index in [0.717, 1.165) is 29.8 Å². The molecule has 1 amide bonds. The molecule has 0 saturated heterocycles. The molecule has 10 nitrogen and oxygen atoms in total. The number of aromatic nitrogens is 3. The normalized spacial score (nSPS) is 12.3. The summed E-state index contributed by atoms with van der Waals surface area (Å²) in [4.78, 5) is 24.9. The molecule has 5 rings (SSSR count). The zero-order valence-corrected chi connectivity index (χ0v) is 27.8. The van der Waals surface area contributed by atoms with Gasteiger partial charge in [-0.15, -0.1) is 11.3 Å². The lowest BCUT2D eigenvalue weighted by atomic mass is 10.1. The summed E-state index contributed by atoms with van der Waals surface area (Å²) in [7, 11) is -4.85. The monoisotopic (exact) mass is 696 g/mol. The molecule has 0 fully saturated rings. The predicted octanol–water partition coefficient (Wildman–Crippen LogP) is 7.48. The molecular weight excluding hydrogens is 666 g/mol. The van der Waals surface area contributed by atoms with Gasteiger partial charge >= 0.3 is 6.09 Å². The highest BCUT2D eigenvalue weighted by molar-refractivity contribution is 7.92. The Labute approximate surface area is 279 Å². The van der Waals surface area contributed by atoms with E-state index in [0.29, 0.717) is 15.6 Å². The molecule has 0 radical (unpaired) electrons. The molecule has 5 aromatic rings. The summed E-state index contributed by atoms with van der Waals surface area (Å²) >= 11 is 1.23. The quantitative estimate of drug-likeness (QED) is 0.137. The van der Waals surface area contributed by atoms with Crippen molar-refractivity contribution in [2.75, 3.05) is 16.6 Å². The molecular formula is C33H31F3N6O4S2. The molecule has 0 bridgehead atoms. The van der Waals surface area contributed by atoms with Gasteiger partial charge in [-0.05, 0) is 58.0 Å². The first-order valence-electron chi connectivity index (χ1n) is 14.6. The minimum Gasteiger partial charge on any atom is -0.444 e. The van der Waals surface area contributed by atoms with Crippen LogP contribution in [0.1, 0.15) is 27.7 Å². The highest BCUT2D eigenvalue weighted by Gasteiger charge is 2.27. The van der Waals surface area contributed by atoms with Crippen molar-refractivity contribution < 1.29 is 31.1 Å². The maximum absolute atomic E-state index is 16.2. The number of hydrogen-bond acceptors (Lipinski definition) is 9. The number of thiazole rings is 1. The number of carbonyl (C=O) groups excluding carboxylic acids is 1. The molecule has 1 atom stereocenters. The summed E-state index contributed by atoms with van der Waals surface area (Å²) in [5.74, 6) is -3.44. The van der Waals surface area contributed by atoms with Crippen LogP contribution in [0, 0.1) is 17.5 Å². The first-order chi connectivity index (χ1) is 22.7. The number of ether oxygens (including phenoxy) is 1. The smallest absolute Gasteiger partial charge is 0.407 e. The fourth-order valence-corrected chi connectivity index (χ4v) is 6.74. The Balaban J connectivity index is 1.49. The second-order valence-electron chi connectivity index (χ2n) is 11.6. The summed E-state index contributed by atoms with van der Waals surface area (Å²) in [5.41, 5.74) is 0.0122. The van der Waals surface area contributed by atoms with Crippen LogP contribution >= 0.6 is 11.3 Å². The van der Waals surface area contributed by atoms with Crippen molar-refractivity contribution >= 4 is 39.1 Å². The Hall–Kier alpha value is -5.02. The van der Waals surface area contributed by atoms with Crippen molar-refractivity contribution in [2.24, 2.45) is 0 Å². The van der Waals surface area contributed by atoms with Gasteiger partial charge < -0.3 is 15.4 Å². The van der Waals surface area contributed by atoms with Gasteiger partial charge in [-0.3, -0.25) is 4.72 Å². The molecule has 3 aromatic carbocycles. The van der Waals surface area contributed by atoms with Crippen molar-refractivity contribution in [1.29, 1.82) is 0 Å². The number of nitrogens with zero attached hydrogens (tertiary/aromatic N) is 3. The van der Waals surface area contributed by atoms with E-state index in [1.165, 1.54) is 29.7 Å². The van der Waals surface area contributed by atoms with Gasteiger partial charge in [0.25, 0.3) is 10.0 Å². The average molecular weight is 697 g/mol. The van der Waals surface area contributed by atoms with Gasteiger partial charge in [-0.25, -0.2) is 41.3 Å². The van der Waals surface area contributed by atoms with Crippen LogP contribution in [0.3, 0.4) is 0 Å². The van der Waals surface area contributed by atoms with E-state index >= 15 is 4.39 Å². The minimum atomic E-state index is -4.85. The molecule has 0 spiro atoms. The summed E-state index contributed by atoms with van der Waals surface area (Å²) in [6.07, 6.45) is 0.936. The highest BCUT2D eigenvalue weighted by atomic mass is 32.2. The zero-order chi connectivity index (χ0) is 34.6. The van der Waals surface area contributed by atoms with Crippen LogP contribution < -0.4 is 15.4 Å². The van der Waals surface area contributed by atoms with Crippen molar-refractivity contribution in [3.63, 3.8) is 0 Å². The van der Waals surface area contributed by atoms with Crippen LogP contribution in [0.5, 0.6) is 0 Å². The van der Waals surface area contributed by atoms with E-state index in [4.69, 9.17) is 9.72 Å². The van der Waals surface area contributed by atoms with E-state index in [1.807, 2.05) is 35.1 Å². The average Bonchev–Trinajstić information content (AvgIpc) is 3.46. The highest BCUT2D eigenvalue weighted by Crippen LogP contribution is 2.42. The maximum Gasteiger partial charge on any atom is 0.407 e. The Bertz CT molecular complexity index is 2030. The van der Waals surface area contributed by atoms with E-state index in [2.05, 4.69) is 20.6 Å². The molecule has 15 heteroatoms. The zero-order valence-electron chi connectivity index (χ0n) is 26.2. The summed E-state index contributed by atoms with van der Waals surface area (Å²) < 4.78 is 78.0. The van der Waals surface area contributed by atoms with Gasteiger partial charge in [0, 0.05) is 29.9 Å². The van der Waals surface area contributed by atoms with Gasteiger partial charge in [0.15, 0.2) is 10.7 Å². The van der Waals surface area contributed by atoms with Gasteiger partial charge in [0.05, 0.1) is 22.0 Å². The number of anilines is 2. The molecule has 250 valence electrons. The van der Waals surface area contributed by atoms with E-state index < -0.39 is 49.8 Å². The van der Waals surface area contributed by atoms with Crippen LogP contribution in [0.15, 0.2) is 83.9 Å². The van der Waals surface area contributed by atoms with Gasteiger partial charge in [-0.2, -0.15) is 0 Å².